The Morgan fingerprint density at radius 3 is 2.84 bits per heavy atom. The van der Waals surface area contributed by atoms with Gasteiger partial charge < -0.3 is 10.2 Å². The first-order chi connectivity index (χ1) is 12.3. The lowest BCUT2D eigenvalue weighted by atomic mass is 10.1. The van der Waals surface area contributed by atoms with Crippen LogP contribution >= 0.6 is 11.3 Å². The predicted molar refractivity (Wildman–Crippen MR) is 103 cm³/mol. The summed E-state index contributed by atoms with van der Waals surface area (Å²) in [6.45, 7) is 0.796. The van der Waals surface area contributed by atoms with Crippen molar-refractivity contribution < 1.29 is 4.79 Å². The third-order valence-electron chi connectivity index (χ3n) is 5.25. The number of hydrogen-bond donors (Lipinski definition) is 1. The smallest absolute Gasteiger partial charge is 0.232 e. The average molecular weight is 356 g/mol. The van der Waals surface area contributed by atoms with Crippen LogP contribution < -0.4 is 10.2 Å². The standard InChI is InChI=1S/C20H25N3OS/c24-19(23-12-11-15-7-5-6-10-18(15)23)13-17-14-21-20(25-17)22-16-8-3-1-2-4-9-16/h5-7,10,14,16H,1-4,8-9,11-13H2,(H,21,22). The lowest BCUT2D eigenvalue weighted by Gasteiger charge is -2.16. The maximum Gasteiger partial charge on any atom is 0.232 e. The van der Waals surface area contributed by atoms with E-state index < -0.39 is 0 Å². The highest BCUT2D eigenvalue weighted by atomic mass is 32.1. The van der Waals surface area contributed by atoms with Crippen LogP contribution in [-0.2, 0) is 17.6 Å². The van der Waals surface area contributed by atoms with Gasteiger partial charge in [0.15, 0.2) is 5.13 Å². The fourth-order valence-corrected chi connectivity index (χ4v) is 4.78. The number of amides is 1. The molecule has 1 N–H and O–H groups in total. The van der Waals surface area contributed by atoms with Crippen LogP contribution in [0.1, 0.15) is 49.0 Å². The van der Waals surface area contributed by atoms with Crippen molar-refractivity contribution in [2.75, 3.05) is 16.8 Å². The quantitative estimate of drug-likeness (QED) is 0.826. The molecule has 1 aliphatic carbocycles. The summed E-state index contributed by atoms with van der Waals surface area (Å²) >= 11 is 1.63. The highest BCUT2D eigenvalue weighted by Crippen LogP contribution is 2.29. The molecule has 0 saturated heterocycles. The van der Waals surface area contributed by atoms with E-state index in [1.165, 1.54) is 44.1 Å². The van der Waals surface area contributed by atoms with E-state index in [2.05, 4.69) is 16.4 Å². The minimum atomic E-state index is 0.176. The summed E-state index contributed by atoms with van der Waals surface area (Å²) < 4.78 is 0. The average Bonchev–Trinajstić information content (AvgIpc) is 3.16. The number of carbonyl (C=O) groups excluding carboxylic acids is 1. The van der Waals surface area contributed by atoms with Crippen LogP contribution in [0.5, 0.6) is 0 Å². The van der Waals surface area contributed by atoms with Gasteiger partial charge in [-0.15, -0.1) is 11.3 Å². The van der Waals surface area contributed by atoms with Crippen molar-refractivity contribution in [1.82, 2.24) is 4.98 Å². The molecule has 2 aromatic rings. The first-order valence-corrected chi connectivity index (χ1v) is 10.2. The molecule has 1 amide bonds. The summed E-state index contributed by atoms with van der Waals surface area (Å²) in [4.78, 5) is 20.2. The lowest BCUT2D eigenvalue weighted by molar-refractivity contribution is -0.117. The first-order valence-electron chi connectivity index (χ1n) is 9.39. The Labute approximate surface area is 153 Å². The molecular formula is C20H25N3OS. The Kier molecular flexibility index (Phi) is 5.02. The van der Waals surface area contributed by atoms with E-state index in [1.54, 1.807) is 11.3 Å². The van der Waals surface area contributed by atoms with Crippen LogP contribution in [0.25, 0.3) is 0 Å². The minimum Gasteiger partial charge on any atom is -0.359 e. The fraction of sp³-hybridized carbons (Fsp3) is 0.500. The van der Waals surface area contributed by atoms with E-state index in [0.29, 0.717) is 12.5 Å². The topological polar surface area (TPSA) is 45.2 Å². The minimum absolute atomic E-state index is 0.176. The van der Waals surface area contributed by atoms with Crippen molar-refractivity contribution in [1.29, 1.82) is 0 Å². The Morgan fingerprint density at radius 1 is 1.20 bits per heavy atom. The molecule has 1 aromatic carbocycles. The molecule has 2 aliphatic rings. The van der Waals surface area contributed by atoms with Crippen LogP contribution in [0, 0.1) is 0 Å². The number of thiazole rings is 1. The number of nitrogens with zero attached hydrogens (tertiary/aromatic N) is 2. The van der Waals surface area contributed by atoms with Gasteiger partial charge in [-0.3, -0.25) is 4.79 Å². The number of benzene rings is 1. The van der Waals surface area contributed by atoms with E-state index in [4.69, 9.17) is 0 Å². The summed E-state index contributed by atoms with van der Waals surface area (Å²) in [6.07, 6.45) is 11.1. The maximum absolute atomic E-state index is 12.7. The van der Waals surface area contributed by atoms with Gasteiger partial charge in [0.25, 0.3) is 0 Å². The molecule has 4 rings (SSSR count). The normalized spacial score (nSPS) is 18.0. The van der Waals surface area contributed by atoms with Crippen molar-refractivity contribution in [3.63, 3.8) is 0 Å². The SMILES string of the molecule is O=C(Cc1cnc(NC2CCCCCC2)s1)N1CCc2ccccc21. The molecule has 0 bridgehead atoms. The van der Waals surface area contributed by atoms with Gasteiger partial charge in [0.2, 0.25) is 5.91 Å². The number of anilines is 2. The zero-order chi connectivity index (χ0) is 17.1. The van der Waals surface area contributed by atoms with Gasteiger partial charge >= 0.3 is 0 Å². The molecule has 4 nitrogen and oxygen atoms in total. The van der Waals surface area contributed by atoms with E-state index in [1.807, 2.05) is 29.3 Å². The van der Waals surface area contributed by atoms with Crippen LogP contribution in [0.3, 0.4) is 0 Å². The highest BCUT2D eigenvalue weighted by molar-refractivity contribution is 7.15. The van der Waals surface area contributed by atoms with Crippen molar-refractivity contribution >= 4 is 28.1 Å². The van der Waals surface area contributed by atoms with Gasteiger partial charge in [0, 0.05) is 29.3 Å². The molecule has 0 spiro atoms. The van der Waals surface area contributed by atoms with E-state index in [-0.39, 0.29) is 5.91 Å². The molecule has 0 unspecified atom stereocenters. The van der Waals surface area contributed by atoms with Crippen LogP contribution in [0.15, 0.2) is 30.5 Å². The Bertz CT molecular complexity index is 734. The van der Waals surface area contributed by atoms with Crippen molar-refractivity contribution in [3.8, 4) is 0 Å². The first kappa shape index (κ1) is 16.6. The molecule has 2 heterocycles. The second kappa shape index (κ2) is 7.56. The zero-order valence-electron chi connectivity index (χ0n) is 14.5. The van der Waals surface area contributed by atoms with Crippen LogP contribution in [0.4, 0.5) is 10.8 Å². The second-order valence-electron chi connectivity index (χ2n) is 7.07. The van der Waals surface area contributed by atoms with Crippen LogP contribution in [0.2, 0.25) is 0 Å². The molecule has 1 aromatic heterocycles. The third-order valence-corrected chi connectivity index (χ3v) is 6.18. The van der Waals surface area contributed by atoms with Crippen molar-refractivity contribution in [3.05, 3.63) is 40.9 Å². The molecule has 1 saturated carbocycles. The largest absolute Gasteiger partial charge is 0.359 e. The van der Waals surface area contributed by atoms with Gasteiger partial charge in [-0.1, -0.05) is 43.9 Å². The van der Waals surface area contributed by atoms with Crippen LogP contribution in [-0.4, -0.2) is 23.5 Å². The lowest BCUT2D eigenvalue weighted by Crippen LogP contribution is -2.30. The molecule has 25 heavy (non-hydrogen) atoms. The number of carbonyl (C=O) groups is 1. The summed E-state index contributed by atoms with van der Waals surface area (Å²) in [7, 11) is 0. The summed E-state index contributed by atoms with van der Waals surface area (Å²) in [5.41, 5.74) is 2.35. The highest BCUT2D eigenvalue weighted by Gasteiger charge is 2.24. The maximum atomic E-state index is 12.7. The number of rotatable bonds is 4. The molecule has 0 atom stereocenters. The predicted octanol–water partition coefficient (Wildman–Crippen LogP) is 4.41. The molecule has 1 fully saturated rings. The summed E-state index contributed by atoms with van der Waals surface area (Å²) in [5, 5.41) is 4.55. The Morgan fingerprint density at radius 2 is 2.00 bits per heavy atom. The van der Waals surface area contributed by atoms with Gasteiger partial charge in [0.05, 0.1) is 6.42 Å². The molecule has 1 aliphatic heterocycles. The third kappa shape index (κ3) is 3.87. The van der Waals surface area contributed by atoms with E-state index >= 15 is 0 Å². The van der Waals surface area contributed by atoms with Gasteiger partial charge in [0.1, 0.15) is 0 Å². The number of para-hydroxylation sites is 1. The van der Waals surface area contributed by atoms with Gasteiger partial charge in [-0.25, -0.2) is 4.98 Å². The molecular weight excluding hydrogens is 330 g/mol. The number of hydrogen-bond acceptors (Lipinski definition) is 4. The van der Waals surface area contributed by atoms with E-state index in [0.717, 1.165) is 28.7 Å². The Balaban J connectivity index is 1.37. The fourth-order valence-electron chi connectivity index (χ4n) is 3.90. The second-order valence-corrected chi connectivity index (χ2v) is 8.18. The zero-order valence-corrected chi connectivity index (χ0v) is 15.4. The van der Waals surface area contributed by atoms with Gasteiger partial charge in [-0.2, -0.15) is 0 Å². The van der Waals surface area contributed by atoms with Gasteiger partial charge in [-0.05, 0) is 30.9 Å². The Hall–Kier alpha value is -1.88. The van der Waals surface area contributed by atoms with Crippen molar-refractivity contribution in [2.24, 2.45) is 0 Å². The summed E-state index contributed by atoms with van der Waals surface area (Å²) in [5.74, 6) is 0.176. The molecule has 5 heteroatoms. The van der Waals surface area contributed by atoms with E-state index in [9.17, 15) is 4.79 Å². The molecule has 132 valence electrons. The number of nitrogens with one attached hydrogen (secondary N) is 1. The molecule has 0 radical (unpaired) electrons. The van der Waals surface area contributed by atoms with Crippen molar-refractivity contribution in [2.45, 2.75) is 57.4 Å². The summed E-state index contributed by atoms with van der Waals surface area (Å²) in [6, 6.07) is 8.76. The number of fused-ring (bicyclic) bond motifs is 1. The monoisotopic (exact) mass is 355 g/mol. The number of aromatic nitrogens is 1.